The molecule has 3 nitrogen and oxygen atoms in total. The molecular weight excluding hydrogens is 558 g/mol. The molecule has 0 saturated heterocycles. The lowest BCUT2D eigenvalue weighted by Gasteiger charge is -2.24. The number of rotatable bonds is 1. The molecule has 3 heteroatoms. The Morgan fingerprint density at radius 1 is 0.326 bits per heavy atom. The largest absolute Gasteiger partial charge is 0.254 e. The number of aromatic nitrogens is 3. The van der Waals surface area contributed by atoms with Crippen LogP contribution in [0.2, 0.25) is 0 Å². The fraction of sp³-hybridized carbons (Fsp3) is 0. The van der Waals surface area contributed by atoms with Gasteiger partial charge in [0.15, 0.2) is 0 Å². The zero-order chi connectivity index (χ0) is 30.2. The van der Waals surface area contributed by atoms with Crippen molar-refractivity contribution in [2.75, 3.05) is 0 Å². The summed E-state index contributed by atoms with van der Waals surface area (Å²) < 4.78 is 0. The van der Waals surface area contributed by atoms with Gasteiger partial charge >= 0.3 is 0 Å². The number of fused-ring (bicyclic) bond motifs is 14. The summed E-state index contributed by atoms with van der Waals surface area (Å²) in [7, 11) is 0. The standard InChI is InChI=1S/C43H25N3/c1-2-11-30-26(9-1)17-18-29-25-39-32-13-4-3-12-31(32)34-20-19-27(23-38(34)33-14-5-6-15-35(33)42(39)46-40(29)30)37-24-28-10-7-21-44-41(28)43-36(37)16-8-22-45-43/h1-25H. The summed E-state index contributed by atoms with van der Waals surface area (Å²) in [6.45, 7) is 0. The van der Waals surface area contributed by atoms with Crippen LogP contribution in [0, 0.1) is 0 Å². The molecule has 6 aromatic carbocycles. The maximum absolute atomic E-state index is 5.50. The van der Waals surface area contributed by atoms with Crippen molar-refractivity contribution in [2.24, 2.45) is 0 Å². The van der Waals surface area contributed by atoms with E-state index in [-0.39, 0.29) is 0 Å². The molecular formula is C43H25N3. The first-order valence-electron chi connectivity index (χ1n) is 15.6. The molecule has 0 spiro atoms. The van der Waals surface area contributed by atoms with Crippen LogP contribution in [-0.4, -0.2) is 15.0 Å². The van der Waals surface area contributed by atoms with Gasteiger partial charge in [0.2, 0.25) is 0 Å². The van der Waals surface area contributed by atoms with E-state index in [9.17, 15) is 0 Å². The average molecular weight is 584 g/mol. The Morgan fingerprint density at radius 3 is 1.78 bits per heavy atom. The molecule has 0 radical (unpaired) electrons. The van der Waals surface area contributed by atoms with Crippen LogP contribution < -0.4 is 0 Å². The third-order valence-electron chi connectivity index (χ3n) is 9.48. The Morgan fingerprint density at radius 2 is 0.913 bits per heavy atom. The Labute approximate surface area is 265 Å². The third-order valence-corrected chi connectivity index (χ3v) is 9.48. The second kappa shape index (κ2) is 9.65. The maximum atomic E-state index is 5.50. The second-order valence-corrected chi connectivity index (χ2v) is 12.0. The second-order valence-electron chi connectivity index (χ2n) is 12.0. The zero-order valence-corrected chi connectivity index (χ0v) is 24.8. The topological polar surface area (TPSA) is 38.7 Å². The minimum Gasteiger partial charge on any atom is -0.254 e. The van der Waals surface area contributed by atoms with E-state index in [4.69, 9.17) is 9.97 Å². The predicted octanol–water partition coefficient (Wildman–Crippen LogP) is 11.1. The van der Waals surface area contributed by atoms with Gasteiger partial charge in [-0.25, -0.2) is 4.98 Å². The molecule has 1 aliphatic carbocycles. The smallest absolute Gasteiger partial charge is 0.0970 e. The van der Waals surface area contributed by atoms with Crippen LogP contribution in [0.5, 0.6) is 0 Å². The molecule has 212 valence electrons. The molecule has 46 heavy (non-hydrogen) atoms. The summed E-state index contributed by atoms with van der Waals surface area (Å²) in [4.78, 5) is 15.0. The number of pyridine rings is 3. The first-order chi connectivity index (χ1) is 22.8. The van der Waals surface area contributed by atoms with Crippen molar-refractivity contribution in [3.05, 3.63) is 152 Å². The van der Waals surface area contributed by atoms with Crippen molar-refractivity contribution in [3.8, 4) is 55.8 Å². The third kappa shape index (κ3) is 3.63. The van der Waals surface area contributed by atoms with Crippen LogP contribution in [0.3, 0.4) is 0 Å². The Bertz CT molecular complexity index is 2710. The van der Waals surface area contributed by atoms with Crippen molar-refractivity contribution >= 4 is 43.5 Å². The van der Waals surface area contributed by atoms with Crippen molar-refractivity contribution in [2.45, 2.75) is 0 Å². The minimum absolute atomic E-state index is 0.922. The van der Waals surface area contributed by atoms with Gasteiger partial charge in [-0.15, -0.1) is 0 Å². The summed E-state index contributed by atoms with van der Waals surface area (Å²) in [6, 6.07) is 50.2. The van der Waals surface area contributed by atoms with E-state index in [2.05, 4.69) is 132 Å². The highest BCUT2D eigenvalue weighted by atomic mass is 14.7. The fourth-order valence-electron chi connectivity index (χ4n) is 7.38. The van der Waals surface area contributed by atoms with E-state index in [0.717, 1.165) is 60.7 Å². The zero-order valence-electron chi connectivity index (χ0n) is 24.8. The summed E-state index contributed by atoms with van der Waals surface area (Å²) in [5.74, 6) is 0. The van der Waals surface area contributed by atoms with Gasteiger partial charge < -0.3 is 0 Å². The summed E-state index contributed by atoms with van der Waals surface area (Å²) in [6.07, 6.45) is 3.69. The number of hydrogen-bond donors (Lipinski definition) is 0. The van der Waals surface area contributed by atoms with Gasteiger partial charge in [-0.1, -0.05) is 109 Å². The molecule has 0 aliphatic heterocycles. The lowest BCUT2D eigenvalue weighted by molar-refractivity contribution is 1.37. The van der Waals surface area contributed by atoms with Crippen molar-refractivity contribution in [1.82, 2.24) is 15.0 Å². The van der Waals surface area contributed by atoms with Gasteiger partial charge in [-0.3, -0.25) is 9.97 Å². The highest BCUT2D eigenvalue weighted by molar-refractivity contribution is 6.12. The molecule has 9 aromatic rings. The lowest BCUT2D eigenvalue weighted by atomic mass is 9.81. The molecule has 0 fully saturated rings. The van der Waals surface area contributed by atoms with Crippen molar-refractivity contribution < 1.29 is 0 Å². The van der Waals surface area contributed by atoms with E-state index >= 15 is 0 Å². The molecule has 0 saturated carbocycles. The van der Waals surface area contributed by atoms with Crippen LogP contribution in [0.4, 0.5) is 0 Å². The van der Waals surface area contributed by atoms with Crippen LogP contribution >= 0.6 is 0 Å². The SMILES string of the molecule is c1ccc2c(c1)-c1ccc(-c3cc4cccnc4c4ncccc34)cc1-c1ccccc1-c1nc3c(ccc4ccccc43)cc1-2. The van der Waals surface area contributed by atoms with E-state index in [1.165, 1.54) is 38.6 Å². The van der Waals surface area contributed by atoms with Crippen molar-refractivity contribution in [3.63, 3.8) is 0 Å². The van der Waals surface area contributed by atoms with Crippen LogP contribution in [-0.2, 0) is 0 Å². The molecule has 0 amide bonds. The molecule has 3 heterocycles. The number of nitrogens with zero attached hydrogens (tertiary/aromatic N) is 3. The Kier molecular flexibility index (Phi) is 5.28. The molecule has 1 aliphatic rings. The molecule has 3 aromatic heterocycles. The highest BCUT2D eigenvalue weighted by Crippen LogP contribution is 2.49. The van der Waals surface area contributed by atoms with E-state index < -0.39 is 0 Å². The van der Waals surface area contributed by atoms with Gasteiger partial charge in [0.1, 0.15) is 0 Å². The summed E-state index contributed by atoms with van der Waals surface area (Å²) >= 11 is 0. The van der Waals surface area contributed by atoms with Gasteiger partial charge in [-0.2, -0.15) is 0 Å². The van der Waals surface area contributed by atoms with E-state index in [1.54, 1.807) is 0 Å². The van der Waals surface area contributed by atoms with Gasteiger partial charge in [0, 0.05) is 45.1 Å². The van der Waals surface area contributed by atoms with E-state index in [1.807, 2.05) is 24.5 Å². The van der Waals surface area contributed by atoms with Crippen LogP contribution in [0.25, 0.3) is 99.2 Å². The minimum atomic E-state index is 0.922. The Hall–Kier alpha value is -6.19. The molecule has 0 atom stereocenters. The normalized spacial score (nSPS) is 11.9. The molecule has 10 rings (SSSR count). The van der Waals surface area contributed by atoms with Gasteiger partial charge in [0.25, 0.3) is 0 Å². The molecule has 0 bridgehead atoms. The van der Waals surface area contributed by atoms with Gasteiger partial charge in [0.05, 0.1) is 22.2 Å². The van der Waals surface area contributed by atoms with Crippen LogP contribution in [0.1, 0.15) is 0 Å². The maximum Gasteiger partial charge on any atom is 0.0970 e. The molecule has 0 N–H and O–H groups in total. The van der Waals surface area contributed by atoms with Gasteiger partial charge in [-0.05, 0) is 74.7 Å². The van der Waals surface area contributed by atoms with Crippen molar-refractivity contribution in [1.29, 1.82) is 0 Å². The van der Waals surface area contributed by atoms with Crippen LogP contribution in [0.15, 0.2) is 152 Å². The highest BCUT2D eigenvalue weighted by Gasteiger charge is 2.24. The summed E-state index contributed by atoms with van der Waals surface area (Å²) in [5, 5.41) is 5.69. The van der Waals surface area contributed by atoms with E-state index in [0.29, 0.717) is 0 Å². The predicted molar refractivity (Wildman–Crippen MR) is 191 cm³/mol. The quantitative estimate of drug-likeness (QED) is 0.180. The summed E-state index contributed by atoms with van der Waals surface area (Å²) in [5.41, 5.74) is 14.4. The molecule has 0 unspecified atom stereocenters. The first-order valence-corrected chi connectivity index (χ1v) is 15.6. The number of benzene rings is 6. The fourth-order valence-corrected chi connectivity index (χ4v) is 7.38. The Balaban J connectivity index is 1.30. The first kappa shape index (κ1) is 25.2. The lowest BCUT2D eigenvalue weighted by Crippen LogP contribution is -2.00. The number of hydrogen-bond acceptors (Lipinski definition) is 3. The monoisotopic (exact) mass is 583 g/mol. The average Bonchev–Trinajstić information content (AvgIpc) is 3.13.